The number of benzene rings is 2. The van der Waals surface area contributed by atoms with Crippen molar-refractivity contribution in [1.82, 2.24) is 9.62 Å². The molecule has 2 rings (SSSR count). The molecule has 0 aliphatic rings. The minimum absolute atomic E-state index is 0.0326. The normalized spacial score (nSPS) is 11.6. The van der Waals surface area contributed by atoms with Crippen LogP contribution in [0.1, 0.15) is 31.4 Å². The Morgan fingerprint density at radius 2 is 1.70 bits per heavy atom. The van der Waals surface area contributed by atoms with Crippen LogP contribution in [0.5, 0.6) is 0 Å². The van der Waals surface area contributed by atoms with Gasteiger partial charge in [0.25, 0.3) is 0 Å². The van der Waals surface area contributed by atoms with E-state index in [1.54, 1.807) is 24.3 Å². The molecule has 0 radical (unpaired) electrons. The van der Waals surface area contributed by atoms with Crippen LogP contribution in [0.15, 0.2) is 57.9 Å². The van der Waals surface area contributed by atoms with E-state index in [0.717, 1.165) is 15.6 Å². The summed E-state index contributed by atoms with van der Waals surface area (Å²) in [6.07, 6.45) is 0.923. The largest absolute Gasteiger partial charge is 0.352 e. The summed E-state index contributed by atoms with van der Waals surface area (Å²) in [4.78, 5) is 12.3. The maximum atomic E-state index is 12.5. The first-order valence-electron chi connectivity index (χ1n) is 8.97. The van der Waals surface area contributed by atoms with Crippen LogP contribution in [-0.4, -0.2) is 31.7 Å². The lowest BCUT2D eigenvalue weighted by Crippen LogP contribution is -2.30. The number of aryl methyl sites for hydroxylation is 1. The maximum absolute atomic E-state index is 12.5. The van der Waals surface area contributed by atoms with E-state index < -0.39 is 10.0 Å². The molecule has 0 bridgehead atoms. The predicted octanol–water partition coefficient (Wildman–Crippen LogP) is 3.73. The van der Waals surface area contributed by atoms with E-state index in [-0.39, 0.29) is 10.8 Å². The van der Waals surface area contributed by atoms with E-state index in [2.05, 4.69) is 21.2 Å². The summed E-state index contributed by atoms with van der Waals surface area (Å²) in [5.74, 6) is -0.0326. The second-order valence-electron chi connectivity index (χ2n) is 6.14. The van der Waals surface area contributed by atoms with Gasteiger partial charge in [0.2, 0.25) is 15.9 Å². The monoisotopic (exact) mass is 452 g/mol. The molecule has 146 valence electrons. The number of nitrogens with zero attached hydrogens (tertiary/aromatic N) is 1. The van der Waals surface area contributed by atoms with Crippen LogP contribution in [0.2, 0.25) is 0 Å². The maximum Gasteiger partial charge on any atom is 0.243 e. The van der Waals surface area contributed by atoms with Gasteiger partial charge in [0, 0.05) is 30.5 Å². The highest BCUT2D eigenvalue weighted by atomic mass is 79.9. The van der Waals surface area contributed by atoms with Crippen LogP contribution in [0.4, 0.5) is 0 Å². The third-order valence-corrected chi connectivity index (χ3v) is 6.84. The molecule has 2 aromatic carbocycles. The molecule has 2 aromatic rings. The molecule has 0 aromatic heterocycles. The van der Waals surface area contributed by atoms with Gasteiger partial charge in [-0.25, -0.2) is 8.42 Å². The van der Waals surface area contributed by atoms with Crippen molar-refractivity contribution in [1.29, 1.82) is 0 Å². The Kier molecular flexibility index (Phi) is 8.01. The Bertz CT molecular complexity index is 863. The number of hydrogen-bond acceptors (Lipinski definition) is 3. The molecule has 0 saturated heterocycles. The van der Waals surface area contributed by atoms with Crippen LogP contribution in [-0.2, 0) is 27.8 Å². The Labute approximate surface area is 170 Å². The van der Waals surface area contributed by atoms with Crippen molar-refractivity contribution in [2.75, 3.05) is 13.1 Å². The molecule has 0 fully saturated rings. The average Bonchev–Trinajstić information content (AvgIpc) is 2.66. The minimum Gasteiger partial charge on any atom is -0.352 e. The van der Waals surface area contributed by atoms with Crippen molar-refractivity contribution in [3.8, 4) is 0 Å². The highest BCUT2D eigenvalue weighted by Crippen LogP contribution is 2.17. The summed E-state index contributed by atoms with van der Waals surface area (Å²) in [6.45, 7) is 5.02. The van der Waals surface area contributed by atoms with E-state index in [1.807, 2.05) is 38.1 Å². The van der Waals surface area contributed by atoms with Gasteiger partial charge in [-0.05, 0) is 41.8 Å². The molecule has 27 heavy (non-hydrogen) atoms. The molecule has 0 heterocycles. The first-order chi connectivity index (χ1) is 12.9. The van der Waals surface area contributed by atoms with Crippen molar-refractivity contribution in [2.45, 2.75) is 38.1 Å². The number of carbonyl (C=O) groups excluding carboxylic acids is 1. The molecule has 0 unspecified atom stereocenters. The third-order valence-electron chi connectivity index (χ3n) is 4.29. The van der Waals surface area contributed by atoms with Gasteiger partial charge in [-0.1, -0.05) is 54.0 Å². The number of rotatable bonds is 9. The number of hydrogen-bond donors (Lipinski definition) is 1. The molecule has 1 amide bonds. The second-order valence-corrected chi connectivity index (χ2v) is 8.99. The number of amides is 1. The first-order valence-corrected chi connectivity index (χ1v) is 11.2. The summed E-state index contributed by atoms with van der Waals surface area (Å²) in [5, 5.41) is 2.90. The lowest BCUT2D eigenvalue weighted by molar-refractivity contribution is -0.121. The Balaban J connectivity index is 1.88. The summed E-state index contributed by atoms with van der Waals surface area (Å²) in [7, 11) is -3.44. The van der Waals surface area contributed by atoms with Crippen LogP contribution in [0.25, 0.3) is 0 Å². The van der Waals surface area contributed by atoms with Crippen LogP contribution < -0.4 is 5.32 Å². The van der Waals surface area contributed by atoms with Crippen molar-refractivity contribution in [3.05, 3.63) is 64.1 Å². The summed E-state index contributed by atoms with van der Waals surface area (Å²) in [6, 6.07) is 14.6. The average molecular weight is 453 g/mol. The number of nitrogens with one attached hydrogen (secondary N) is 1. The van der Waals surface area contributed by atoms with E-state index in [0.29, 0.717) is 32.5 Å². The van der Waals surface area contributed by atoms with Gasteiger partial charge in [0.15, 0.2) is 0 Å². The highest BCUT2D eigenvalue weighted by molar-refractivity contribution is 9.10. The smallest absolute Gasteiger partial charge is 0.243 e. The molecule has 1 N–H and O–H groups in total. The fourth-order valence-electron chi connectivity index (χ4n) is 2.73. The third kappa shape index (κ3) is 6.16. The van der Waals surface area contributed by atoms with Gasteiger partial charge in [-0.2, -0.15) is 4.31 Å². The zero-order valence-electron chi connectivity index (χ0n) is 15.6. The molecular formula is C20H25BrN2O3S. The highest BCUT2D eigenvalue weighted by Gasteiger charge is 2.21. The second kappa shape index (κ2) is 10.0. The lowest BCUT2D eigenvalue weighted by atomic mass is 10.1. The first kappa shape index (κ1) is 21.6. The lowest BCUT2D eigenvalue weighted by Gasteiger charge is -2.18. The number of carbonyl (C=O) groups is 1. The molecular weight excluding hydrogens is 428 g/mol. The van der Waals surface area contributed by atoms with Crippen LogP contribution in [0, 0.1) is 0 Å². The van der Waals surface area contributed by atoms with Gasteiger partial charge in [0.1, 0.15) is 0 Å². The van der Waals surface area contributed by atoms with Crippen molar-refractivity contribution in [3.63, 3.8) is 0 Å². The molecule has 0 spiro atoms. The van der Waals surface area contributed by atoms with Gasteiger partial charge >= 0.3 is 0 Å². The van der Waals surface area contributed by atoms with Crippen molar-refractivity contribution >= 4 is 31.9 Å². The zero-order chi connectivity index (χ0) is 19.9. The molecule has 7 heteroatoms. The van der Waals surface area contributed by atoms with Gasteiger partial charge in [-0.15, -0.1) is 0 Å². The fraction of sp³-hybridized carbons (Fsp3) is 0.350. The Morgan fingerprint density at radius 3 is 2.30 bits per heavy atom. The standard InChI is InChI=1S/C20H25BrN2O3S/c1-3-23(4-2)27(25,26)19-11-8-16(9-12-19)10-13-20(24)22-15-17-6-5-7-18(21)14-17/h5-9,11-12,14H,3-4,10,13,15H2,1-2H3,(H,22,24). The van der Waals surface area contributed by atoms with E-state index in [9.17, 15) is 13.2 Å². The summed E-state index contributed by atoms with van der Waals surface area (Å²) < 4.78 is 27.4. The molecule has 5 nitrogen and oxygen atoms in total. The quantitative estimate of drug-likeness (QED) is 0.629. The minimum atomic E-state index is -3.44. The van der Waals surface area contributed by atoms with E-state index >= 15 is 0 Å². The number of halogens is 1. The Morgan fingerprint density at radius 1 is 1.04 bits per heavy atom. The number of sulfonamides is 1. The summed E-state index contributed by atoms with van der Waals surface area (Å²) in [5.41, 5.74) is 1.97. The molecule has 0 atom stereocenters. The van der Waals surface area contributed by atoms with E-state index in [4.69, 9.17) is 0 Å². The molecule has 0 saturated carbocycles. The van der Waals surface area contributed by atoms with E-state index in [1.165, 1.54) is 4.31 Å². The zero-order valence-corrected chi connectivity index (χ0v) is 18.0. The van der Waals surface area contributed by atoms with Crippen LogP contribution >= 0.6 is 15.9 Å². The topological polar surface area (TPSA) is 66.5 Å². The van der Waals surface area contributed by atoms with Gasteiger partial charge in [0.05, 0.1) is 4.90 Å². The SMILES string of the molecule is CCN(CC)S(=O)(=O)c1ccc(CCC(=O)NCc2cccc(Br)c2)cc1. The predicted molar refractivity (Wildman–Crippen MR) is 111 cm³/mol. The Hall–Kier alpha value is -1.70. The van der Waals surface area contributed by atoms with Crippen molar-refractivity contribution < 1.29 is 13.2 Å². The fourth-order valence-corrected chi connectivity index (χ4v) is 4.64. The molecule has 0 aliphatic carbocycles. The van der Waals surface area contributed by atoms with Crippen LogP contribution in [0.3, 0.4) is 0 Å². The van der Waals surface area contributed by atoms with Gasteiger partial charge < -0.3 is 5.32 Å². The molecule has 0 aliphatic heterocycles. The summed E-state index contributed by atoms with van der Waals surface area (Å²) >= 11 is 3.41. The van der Waals surface area contributed by atoms with Crippen molar-refractivity contribution in [2.24, 2.45) is 0 Å². The van der Waals surface area contributed by atoms with Gasteiger partial charge in [-0.3, -0.25) is 4.79 Å².